The van der Waals surface area contributed by atoms with Crippen LogP contribution >= 0.6 is 23.5 Å². The summed E-state index contributed by atoms with van der Waals surface area (Å²) in [6.45, 7) is 0. The highest BCUT2D eigenvalue weighted by atomic mass is 32.2. The lowest BCUT2D eigenvalue weighted by Crippen LogP contribution is -2.23. The lowest BCUT2D eigenvalue weighted by molar-refractivity contribution is 0.774. The van der Waals surface area contributed by atoms with E-state index >= 15 is 0 Å². The fourth-order valence-corrected chi connectivity index (χ4v) is 4.72. The largest absolute Gasteiger partial charge is 0.330 e. The number of hydrogen-bond acceptors (Lipinski definition) is 3. The molecular weight excluding hydrogens is 312 g/mol. The average molecular weight is 328 g/mol. The molecule has 5 heteroatoms. The van der Waals surface area contributed by atoms with Gasteiger partial charge in [-0.05, 0) is 23.3 Å². The van der Waals surface area contributed by atoms with Crippen molar-refractivity contribution in [2.24, 2.45) is 0 Å². The minimum absolute atomic E-state index is 0.102. The van der Waals surface area contributed by atoms with Gasteiger partial charge in [-0.2, -0.15) is 0 Å². The molecule has 1 aliphatic rings. The highest BCUT2D eigenvalue weighted by Crippen LogP contribution is 2.23. The maximum absolute atomic E-state index is 12.7. The summed E-state index contributed by atoms with van der Waals surface area (Å²) in [6.07, 6.45) is 0. The first kappa shape index (κ1) is 14.0. The summed E-state index contributed by atoms with van der Waals surface area (Å²) in [5.74, 6) is 3.26. The van der Waals surface area contributed by atoms with Crippen LogP contribution in [0.25, 0.3) is 11.0 Å². The first-order chi connectivity index (χ1) is 10.8. The third kappa shape index (κ3) is 2.48. The number of nitrogens with zero attached hydrogens (tertiary/aromatic N) is 2. The van der Waals surface area contributed by atoms with Crippen LogP contribution in [0.4, 0.5) is 0 Å². The third-order valence-corrected chi connectivity index (χ3v) is 5.85. The van der Waals surface area contributed by atoms with Crippen LogP contribution in [0.5, 0.6) is 0 Å². The number of benzene rings is 2. The summed E-state index contributed by atoms with van der Waals surface area (Å²) in [5, 5.41) is 0. The molecule has 3 aromatic rings. The van der Waals surface area contributed by atoms with Crippen molar-refractivity contribution in [2.75, 3.05) is 0 Å². The lowest BCUT2D eigenvalue weighted by Gasteiger charge is -2.08. The molecule has 1 aromatic heterocycles. The van der Waals surface area contributed by atoms with Gasteiger partial charge in [-0.3, -0.25) is 9.13 Å². The van der Waals surface area contributed by atoms with Crippen LogP contribution in [0.2, 0.25) is 0 Å². The van der Waals surface area contributed by atoms with Gasteiger partial charge in [0.15, 0.2) is 0 Å². The van der Waals surface area contributed by atoms with E-state index in [0.29, 0.717) is 11.8 Å². The number of aromatic nitrogens is 2. The van der Waals surface area contributed by atoms with Crippen molar-refractivity contribution in [1.29, 1.82) is 0 Å². The molecule has 0 saturated heterocycles. The zero-order valence-corrected chi connectivity index (χ0v) is 13.7. The smallest absolute Gasteiger partial charge is 0.282 e. The second kappa shape index (κ2) is 5.89. The first-order valence-corrected chi connectivity index (χ1v) is 9.55. The topological polar surface area (TPSA) is 26.9 Å². The second-order valence-electron chi connectivity index (χ2n) is 5.40. The van der Waals surface area contributed by atoms with E-state index in [2.05, 4.69) is 24.3 Å². The number of fused-ring (bicyclic) bond motifs is 7. The summed E-state index contributed by atoms with van der Waals surface area (Å²) >= 11 is 3.58. The van der Waals surface area contributed by atoms with Crippen LogP contribution in [-0.2, 0) is 23.3 Å². The van der Waals surface area contributed by atoms with Crippen LogP contribution in [-0.4, -0.2) is 9.13 Å². The van der Waals surface area contributed by atoms with Gasteiger partial charge in [0.05, 0.1) is 22.8 Å². The zero-order chi connectivity index (χ0) is 14.9. The van der Waals surface area contributed by atoms with Crippen molar-refractivity contribution in [3.8, 4) is 0 Å². The van der Waals surface area contributed by atoms with Gasteiger partial charge in [-0.25, -0.2) is 4.79 Å². The maximum atomic E-state index is 12.7. The van der Waals surface area contributed by atoms with E-state index in [1.807, 2.05) is 33.4 Å². The molecule has 0 radical (unpaired) electrons. The van der Waals surface area contributed by atoms with Gasteiger partial charge >= 0.3 is 5.69 Å². The zero-order valence-electron chi connectivity index (χ0n) is 12.1. The fraction of sp³-hybridized carbons (Fsp3) is 0.235. The Kier molecular flexibility index (Phi) is 3.76. The molecule has 4 bridgehead atoms. The normalized spacial score (nSPS) is 15.3. The predicted molar refractivity (Wildman–Crippen MR) is 95.2 cm³/mol. The monoisotopic (exact) mass is 328 g/mol. The van der Waals surface area contributed by atoms with Crippen molar-refractivity contribution >= 4 is 34.6 Å². The van der Waals surface area contributed by atoms with E-state index in [1.54, 1.807) is 23.5 Å². The molecule has 0 amide bonds. The molecule has 112 valence electrons. The summed E-state index contributed by atoms with van der Waals surface area (Å²) in [6, 6.07) is 16.8. The molecule has 0 unspecified atom stereocenters. The lowest BCUT2D eigenvalue weighted by atomic mass is 10.2. The highest BCUT2D eigenvalue weighted by molar-refractivity contribution is 7.97. The Hall–Kier alpha value is -1.59. The molecule has 2 aromatic carbocycles. The van der Waals surface area contributed by atoms with E-state index in [4.69, 9.17) is 0 Å². The van der Waals surface area contributed by atoms with E-state index in [9.17, 15) is 4.79 Å². The molecule has 4 rings (SSSR count). The maximum Gasteiger partial charge on any atom is 0.330 e. The first-order valence-electron chi connectivity index (χ1n) is 7.24. The van der Waals surface area contributed by atoms with E-state index in [-0.39, 0.29) is 5.69 Å². The van der Waals surface area contributed by atoms with Crippen molar-refractivity contribution in [3.05, 3.63) is 70.1 Å². The van der Waals surface area contributed by atoms with Crippen LogP contribution in [0.15, 0.2) is 53.3 Å². The Balaban J connectivity index is 1.79. The third-order valence-electron chi connectivity index (χ3n) is 3.89. The van der Waals surface area contributed by atoms with E-state index in [0.717, 1.165) is 22.5 Å². The van der Waals surface area contributed by atoms with Gasteiger partial charge in [0.25, 0.3) is 0 Å². The SMILES string of the molecule is O=c1n2c3ccccc3n1CSCc1cccc(c1)CSC2. The Morgan fingerprint density at radius 3 is 1.86 bits per heavy atom. The van der Waals surface area contributed by atoms with Crippen molar-refractivity contribution < 1.29 is 0 Å². The molecule has 22 heavy (non-hydrogen) atoms. The fourth-order valence-electron chi connectivity index (χ4n) is 2.84. The van der Waals surface area contributed by atoms with Crippen LogP contribution in [0, 0.1) is 0 Å². The minimum Gasteiger partial charge on any atom is -0.282 e. The molecule has 2 heterocycles. The molecular formula is C17H16N2OS2. The van der Waals surface area contributed by atoms with Gasteiger partial charge in [0.2, 0.25) is 0 Å². The number of hydrogen-bond donors (Lipinski definition) is 0. The standard InChI is InChI=1S/C17H16N2OS2/c20-17-18-11-21-9-13-4-3-5-14(8-13)10-22-12-19(17)16-7-2-1-6-15(16)18/h1-8H,9-12H2. The molecule has 0 saturated carbocycles. The van der Waals surface area contributed by atoms with Gasteiger partial charge in [0.1, 0.15) is 0 Å². The highest BCUT2D eigenvalue weighted by Gasteiger charge is 2.13. The quantitative estimate of drug-likeness (QED) is 0.626. The van der Waals surface area contributed by atoms with Crippen molar-refractivity contribution in [2.45, 2.75) is 23.3 Å². The Labute approximate surface area is 137 Å². The predicted octanol–water partition coefficient (Wildman–Crippen LogP) is 3.90. The van der Waals surface area contributed by atoms with Gasteiger partial charge in [0, 0.05) is 11.5 Å². The molecule has 0 N–H and O–H groups in total. The summed E-state index contributed by atoms with van der Waals surface area (Å²) in [7, 11) is 0. The molecule has 0 aliphatic carbocycles. The number of para-hydroxylation sites is 2. The van der Waals surface area contributed by atoms with Crippen LogP contribution in [0.3, 0.4) is 0 Å². The van der Waals surface area contributed by atoms with Crippen molar-refractivity contribution in [1.82, 2.24) is 9.13 Å². The molecule has 1 aliphatic heterocycles. The molecule has 0 fully saturated rings. The van der Waals surface area contributed by atoms with E-state index < -0.39 is 0 Å². The van der Waals surface area contributed by atoms with Gasteiger partial charge in [-0.15, -0.1) is 23.5 Å². The molecule has 0 atom stereocenters. The number of imidazole rings is 1. The van der Waals surface area contributed by atoms with Gasteiger partial charge < -0.3 is 0 Å². The number of thioether (sulfide) groups is 2. The van der Waals surface area contributed by atoms with Gasteiger partial charge in [-0.1, -0.05) is 36.4 Å². The van der Waals surface area contributed by atoms with Crippen molar-refractivity contribution in [3.63, 3.8) is 0 Å². The average Bonchev–Trinajstić information content (AvgIpc) is 2.81. The summed E-state index contributed by atoms with van der Waals surface area (Å²) in [5.41, 5.74) is 4.84. The summed E-state index contributed by atoms with van der Waals surface area (Å²) < 4.78 is 3.79. The number of rotatable bonds is 0. The Morgan fingerprint density at radius 1 is 0.773 bits per heavy atom. The summed E-state index contributed by atoms with van der Waals surface area (Å²) in [4.78, 5) is 12.7. The van der Waals surface area contributed by atoms with Crippen LogP contribution < -0.4 is 5.69 Å². The minimum atomic E-state index is 0.102. The Morgan fingerprint density at radius 2 is 1.32 bits per heavy atom. The Bertz CT molecular complexity index is 816. The molecule has 0 spiro atoms. The van der Waals surface area contributed by atoms with E-state index in [1.165, 1.54) is 11.1 Å². The molecule has 3 nitrogen and oxygen atoms in total. The second-order valence-corrected chi connectivity index (χ2v) is 7.31. The van der Waals surface area contributed by atoms with Crippen LogP contribution in [0.1, 0.15) is 11.1 Å².